The van der Waals surface area contributed by atoms with Crippen molar-refractivity contribution in [1.82, 2.24) is 15.0 Å². The summed E-state index contributed by atoms with van der Waals surface area (Å²) < 4.78 is 0. The second-order valence-corrected chi connectivity index (χ2v) is 4.51. The van der Waals surface area contributed by atoms with Crippen LogP contribution in [0.2, 0.25) is 5.15 Å². The molecule has 0 aliphatic carbocycles. The molecule has 18 heavy (non-hydrogen) atoms. The number of aryl methyl sites for hydroxylation is 2. The van der Waals surface area contributed by atoms with E-state index in [0.29, 0.717) is 11.0 Å². The molecule has 0 unspecified atom stereocenters. The van der Waals surface area contributed by atoms with Crippen molar-refractivity contribution in [2.24, 2.45) is 0 Å². The Morgan fingerprint density at radius 2 is 1.94 bits per heavy atom. The molecule has 0 amide bonds. The highest BCUT2D eigenvalue weighted by Gasteiger charge is 2.12. The molecule has 0 fully saturated rings. The number of hydrogen-bond acceptors (Lipinski definition) is 3. The van der Waals surface area contributed by atoms with Crippen molar-refractivity contribution < 1.29 is 0 Å². The van der Waals surface area contributed by atoms with Crippen LogP contribution in [0, 0.1) is 6.92 Å². The average molecular weight is 262 g/mol. The van der Waals surface area contributed by atoms with Gasteiger partial charge in [0, 0.05) is 29.2 Å². The third-order valence-electron chi connectivity index (χ3n) is 3.05. The Hall–Kier alpha value is -1.48. The SMILES string of the molecule is CCc1cnccc1-c1nc(Cl)c(C)c(CC)n1. The van der Waals surface area contributed by atoms with Crippen molar-refractivity contribution in [2.45, 2.75) is 33.6 Å². The summed E-state index contributed by atoms with van der Waals surface area (Å²) in [5.41, 5.74) is 4.13. The first-order valence-corrected chi connectivity index (χ1v) is 6.51. The van der Waals surface area contributed by atoms with Gasteiger partial charge in [-0.3, -0.25) is 4.98 Å². The van der Waals surface area contributed by atoms with Crippen LogP contribution >= 0.6 is 11.6 Å². The van der Waals surface area contributed by atoms with Crippen LogP contribution in [0.5, 0.6) is 0 Å². The molecule has 2 heterocycles. The number of rotatable bonds is 3. The minimum absolute atomic E-state index is 0.538. The zero-order chi connectivity index (χ0) is 13.1. The normalized spacial score (nSPS) is 10.7. The lowest BCUT2D eigenvalue weighted by Crippen LogP contribution is -2.01. The van der Waals surface area contributed by atoms with Gasteiger partial charge in [-0.15, -0.1) is 0 Å². The van der Waals surface area contributed by atoms with E-state index in [0.717, 1.165) is 35.2 Å². The summed E-state index contributed by atoms with van der Waals surface area (Å²) in [5, 5.41) is 0.538. The van der Waals surface area contributed by atoms with E-state index < -0.39 is 0 Å². The van der Waals surface area contributed by atoms with Gasteiger partial charge in [0.2, 0.25) is 0 Å². The predicted octanol–water partition coefficient (Wildman–Crippen LogP) is 3.63. The van der Waals surface area contributed by atoms with Crippen LogP contribution in [-0.4, -0.2) is 15.0 Å². The van der Waals surface area contributed by atoms with Crippen molar-refractivity contribution in [3.63, 3.8) is 0 Å². The maximum atomic E-state index is 6.18. The fourth-order valence-corrected chi connectivity index (χ4v) is 2.11. The molecule has 0 radical (unpaired) electrons. The molecule has 0 atom stereocenters. The van der Waals surface area contributed by atoms with Crippen molar-refractivity contribution >= 4 is 11.6 Å². The number of pyridine rings is 1. The highest BCUT2D eigenvalue weighted by Crippen LogP contribution is 2.24. The summed E-state index contributed by atoms with van der Waals surface area (Å²) in [6.45, 7) is 6.12. The van der Waals surface area contributed by atoms with Gasteiger partial charge < -0.3 is 0 Å². The third kappa shape index (κ3) is 2.36. The van der Waals surface area contributed by atoms with E-state index in [4.69, 9.17) is 11.6 Å². The predicted molar refractivity (Wildman–Crippen MR) is 73.8 cm³/mol. The molecule has 0 N–H and O–H groups in total. The van der Waals surface area contributed by atoms with Gasteiger partial charge in [-0.1, -0.05) is 25.4 Å². The van der Waals surface area contributed by atoms with Crippen LogP contribution in [0.15, 0.2) is 18.5 Å². The molecular weight excluding hydrogens is 246 g/mol. The van der Waals surface area contributed by atoms with Crippen LogP contribution in [0.3, 0.4) is 0 Å². The zero-order valence-corrected chi connectivity index (χ0v) is 11.6. The molecule has 0 saturated carbocycles. The van der Waals surface area contributed by atoms with Gasteiger partial charge >= 0.3 is 0 Å². The van der Waals surface area contributed by atoms with Crippen molar-refractivity contribution in [2.75, 3.05) is 0 Å². The molecule has 0 aromatic carbocycles. The number of aromatic nitrogens is 3. The van der Waals surface area contributed by atoms with E-state index in [1.54, 1.807) is 6.20 Å². The van der Waals surface area contributed by atoms with Crippen molar-refractivity contribution in [1.29, 1.82) is 0 Å². The fourth-order valence-electron chi connectivity index (χ4n) is 1.92. The highest BCUT2D eigenvalue weighted by molar-refractivity contribution is 6.30. The van der Waals surface area contributed by atoms with E-state index >= 15 is 0 Å². The van der Waals surface area contributed by atoms with Gasteiger partial charge in [0.05, 0.1) is 0 Å². The Labute approximate surface area is 112 Å². The molecule has 0 saturated heterocycles. The van der Waals surface area contributed by atoms with Gasteiger partial charge in [0.15, 0.2) is 5.82 Å². The largest absolute Gasteiger partial charge is 0.264 e. The van der Waals surface area contributed by atoms with Crippen LogP contribution in [0.1, 0.15) is 30.7 Å². The number of halogens is 1. The highest BCUT2D eigenvalue weighted by atomic mass is 35.5. The van der Waals surface area contributed by atoms with Crippen molar-refractivity contribution in [3.05, 3.63) is 40.4 Å². The quantitative estimate of drug-likeness (QED) is 0.792. The molecule has 0 aliphatic heterocycles. The van der Waals surface area contributed by atoms with E-state index in [9.17, 15) is 0 Å². The van der Waals surface area contributed by atoms with E-state index in [-0.39, 0.29) is 0 Å². The molecule has 2 aromatic rings. The second kappa shape index (κ2) is 5.44. The van der Waals surface area contributed by atoms with Crippen LogP contribution in [0.4, 0.5) is 0 Å². The smallest absolute Gasteiger partial charge is 0.161 e. The number of hydrogen-bond donors (Lipinski definition) is 0. The summed E-state index contributed by atoms with van der Waals surface area (Å²) in [6, 6.07) is 1.94. The summed E-state index contributed by atoms with van der Waals surface area (Å²) in [5.74, 6) is 0.696. The van der Waals surface area contributed by atoms with Gasteiger partial charge in [0.25, 0.3) is 0 Å². The lowest BCUT2D eigenvalue weighted by Gasteiger charge is -2.10. The molecule has 0 aliphatic rings. The lowest BCUT2D eigenvalue weighted by molar-refractivity contribution is 0.970. The van der Waals surface area contributed by atoms with Crippen molar-refractivity contribution in [3.8, 4) is 11.4 Å². The Morgan fingerprint density at radius 3 is 2.61 bits per heavy atom. The summed E-state index contributed by atoms with van der Waals surface area (Å²) >= 11 is 6.18. The Kier molecular flexibility index (Phi) is 3.92. The van der Waals surface area contributed by atoms with Crippen LogP contribution in [-0.2, 0) is 12.8 Å². The van der Waals surface area contributed by atoms with E-state index in [2.05, 4.69) is 28.8 Å². The minimum Gasteiger partial charge on any atom is -0.264 e. The van der Waals surface area contributed by atoms with Crippen LogP contribution in [0.25, 0.3) is 11.4 Å². The average Bonchev–Trinajstić information content (AvgIpc) is 2.41. The van der Waals surface area contributed by atoms with E-state index in [1.165, 1.54) is 0 Å². The molecule has 0 spiro atoms. The standard InChI is InChI=1S/C14H16ClN3/c1-4-10-8-16-7-6-11(10)14-17-12(5-2)9(3)13(15)18-14/h6-8H,4-5H2,1-3H3. The van der Waals surface area contributed by atoms with Gasteiger partial charge in [0.1, 0.15) is 5.15 Å². The van der Waals surface area contributed by atoms with Gasteiger partial charge in [-0.25, -0.2) is 9.97 Å². The Bertz CT molecular complexity index is 567. The molecule has 2 rings (SSSR count). The maximum absolute atomic E-state index is 6.18. The van der Waals surface area contributed by atoms with Gasteiger partial charge in [-0.05, 0) is 31.4 Å². The molecule has 2 aromatic heterocycles. The first-order chi connectivity index (χ1) is 8.67. The summed E-state index contributed by atoms with van der Waals surface area (Å²) in [7, 11) is 0. The minimum atomic E-state index is 0.538. The molecular formula is C14H16ClN3. The van der Waals surface area contributed by atoms with Gasteiger partial charge in [-0.2, -0.15) is 0 Å². The first kappa shape index (κ1) is 13.0. The molecule has 4 heteroatoms. The summed E-state index contributed by atoms with van der Waals surface area (Å²) in [4.78, 5) is 13.1. The fraction of sp³-hybridized carbons (Fsp3) is 0.357. The second-order valence-electron chi connectivity index (χ2n) is 4.15. The number of nitrogens with zero attached hydrogens (tertiary/aromatic N) is 3. The summed E-state index contributed by atoms with van der Waals surface area (Å²) in [6.07, 6.45) is 5.38. The van der Waals surface area contributed by atoms with Crippen LogP contribution < -0.4 is 0 Å². The Balaban J connectivity index is 2.61. The molecule has 94 valence electrons. The topological polar surface area (TPSA) is 38.7 Å². The Morgan fingerprint density at radius 1 is 1.17 bits per heavy atom. The first-order valence-electron chi connectivity index (χ1n) is 6.13. The molecule has 0 bridgehead atoms. The van der Waals surface area contributed by atoms with E-state index in [1.807, 2.05) is 19.2 Å². The monoisotopic (exact) mass is 261 g/mol. The maximum Gasteiger partial charge on any atom is 0.161 e. The lowest BCUT2D eigenvalue weighted by atomic mass is 10.1. The zero-order valence-electron chi connectivity index (χ0n) is 10.9. The third-order valence-corrected chi connectivity index (χ3v) is 3.42. The molecule has 3 nitrogen and oxygen atoms in total.